The number of ether oxygens (including phenoxy) is 2. The van der Waals surface area contributed by atoms with Crippen molar-refractivity contribution in [2.24, 2.45) is 0 Å². The van der Waals surface area contributed by atoms with E-state index in [0.29, 0.717) is 12.8 Å². The lowest BCUT2D eigenvalue weighted by Gasteiger charge is -2.42. The van der Waals surface area contributed by atoms with Gasteiger partial charge in [0.1, 0.15) is 24.4 Å². The largest absolute Gasteiger partial charge is 0.394 e. The maximum absolute atomic E-state index is 10.0. The molecule has 0 amide bonds. The lowest BCUT2D eigenvalue weighted by molar-refractivity contribution is -0.319. The van der Waals surface area contributed by atoms with Crippen molar-refractivity contribution in [3.05, 3.63) is 24.3 Å². The summed E-state index contributed by atoms with van der Waals surface area (Å²) in [6, 6.07) is 0. The number of hydrogen-bond acceptors (Lipinski definition) is 7. The van der Waals surface area contributed by atoms with E-state index >= 15 is 0 Å². The van der Waals surface area contributed by atoms with Crippen LogP contribution in [0.15, 0.2) is 24.3 Å². The predicted molar refractivity (Wildman–Crippen MR) is 83.5 cm³/mol. The molecule has 1 aliphatic rings. The second-order valence-electron chi connectivity index (χ2n) is 6.08. The monoisotopic (exact) mass is 332 g/mol. The average molecular weight is 332 g/mol. The van der Waals surface area contributed by atoms with Gasteiger partial charge in [-0.15, -0.1) is 6.58 Å². The molecule has 134 valence electrons. The first-order valence-corrected chi connectivity index (χ1v) is 7.66. The van der Waals surface area contributed by atoms with Gasteiger partial charge in [0, 0.05) is 0 Å². The first-order chi connectivity index (χ1) is 10.8. The standard InChI is InChI=1S/C16H28O7/c1-4-16(3,7-5-6-10(2)8-17)23-15-14(21)13(20)12(19)11(9-18)22-15/h4,6,11-15,17-21H,1,5,7-9H2,2-3H3/b10-6-/t11-,12-,13+,14-,15+,16-/m1/s1. The van der Waals surface area contributed by atoms with Crippen LogP contribution in [0.3, 0.4) is 0 Å². The molecule has 0 saturated carbocycles. The second-order valence-corrected chi connectivity index (χ2v) is 6.08. The van der Waals surface area contributed by atoms with E-state index in [4.69, 9.17) is 14.6 Å². The summed E-state index contributed by atoms with van der Waals surface area (Å²) in [4.78, 5) is 0. The summed E-state index contributed by atoms with van der Waals surface area (Å²) in [5.74, 6) is 0. The third-order valence-corrected chi connectivity index (χ3v) is 4.05. The zero-order chi connectivity index (χ0) is 17.6. The van der Waals surface area contributed by atoms with E-state index in [9.17, 15) is 20.4 Å². The van der Waals surface area contributed by atoms with Gasteiger partial charge in [0.25, 0.3) is 0 Å². The molecule has 1 fully saturated rings. The summed E-state index contributed by atoms with van der Waals surface area (Å²) >= 11 is 0. The molecule has 0 unspecified atom stereocenters. The zero-order valence-corrected chi connectivity index (χ0v) is 13.6. The quantitative estimate of drug-likeness (QED) is 0.379. The molecule has 0 radical (unpaired) electrons. The number of aliphatic hydroxyl groups excluding tert-OH is 5. The van der Waals surface area contributed by atoms with Crippen molar-refractivity contribution in [2.45, 2.75) is 63.0 Å². The van der Waals surface area contributed by atoms with E-state index in [-0.39, 0.29) is 6.61 Å². The van der Waals surface area contributed by atoms with Crippen molar-refractivity contribution >= 4 is 0 Å². The Bertz CT molecular complexity index is 409. The van der Waals surface area contributed by atoms with Gasteiger partial charge in [-0.1, -0.05) is 17.7 Å². The van der Waals surface area contributed by atoms with Crippen molar-refractivity contribution in [1.82, 2.24) is 0 Å². The maximum Gasteiger partial charge on any atom is 0.187 e. The van der Waals surface area contributed by atoms with E-state index in [1.165, 1.54) is 0 Å². The molecule has 23 heavy (non-hydrogen) atoms. The lowest BCUT2D eigenvalue weighted by Crippen LogP contribution is -2.60. The van der Waals surface area contributed by atoms with Gasteiger partial charge in [0.15, 0.2) is 6.29 Å². The molecule has 0 aromatic rings. The first kappa shape index (κ1) is 20.2. The maximum atomic E-state index is 10.0. The topological polar surface area (TPSA) is 120 Å². The van der Waals surface area contributed by atoms with Gasteiger partial charge < -0.3 is 35.0 Å². The molecule has 7 nitrogen and oxygen atoms in total. The van der Waals surface area contributed by atoms with Gasteiger partial charge in [0.05, 0.1) is 18.8 Å². The molecule has 6 atom stereocenters. The van der Waals surface area contributed by atoms with E-state index in [1.807, 2.05) is 13.0 Å². The van der Waals surface area contributed by atoms with Crippen LogP contribution in [-0.2, 0) is 9.47 Å². The smallest absolute Gasteiger partial charge is 0.187 e. The number of aliphatic hydroxyl groups is 5. The summed E-state index contributed by atoms with van der Waals surface area (Å²) in [7, 11) is 0. The molecule has 1 heterocycles. The van der Waals surface area contributed by atoms with Crippen molar-refractivity contribution in [3.63, 3.8) is 0 Å². The molecular formula is C16H28O7. The van der Waals surface area contributed by atoms with E-state index in [1.54, 1.807) is 13.0 Å². The van der Waals surface area contributed by atoms with Crippen LogP contribution < -0.4 is 0 Å². The molecule has 0 aromatic carbocycles. The molecular weight excluding hydrogens is 304 g/mol. The fourth-order valence-electron chi connectivity index (χ4n) is 2.31. The number of rotatable bonds is 8. The Morgan fingerprint density at radius 3 is 2.39 bits per heavy atom. The summed E-state index contributed by atoms with van der Waals surface area (Å²) < 4.78 is 11.1. The highest BCUT2D eigenvalue weighted by molar-refractivity contribution is 5.02. The zero-order valence-electron chi connectivity index (χ0n) is 13.6. The highest BCUT2D eigenvalue weighted by atomic mass is 16.7. The summed E-state index contributed by atoms with van der Waals surface area (Å²) in [5.41, 5.74) is -0.0101. The van der Waals surface area contributed by atoms with Gasteiger partial charge in [-0.25, -0.2) is 0 Å². The average Bonchev–Trinajstić information content (AvgIpc) is 2.55. The Morgan fingerprint density at radius 1 is 1.22 bits per heavy atom. The molecule has 5 N–H and O–H groups in total. The fraction of sp³-hybridized carbons (Fsp3) is 0.750. The van der Waals surface area contributed by atoms with Gasteiger partial charge >= 0.3 is 0 Å². The van der Waals surface area contributed by atoms with Gasteiger partial charge in [-0.05, 0) is 26.7 Å². The van der Waals surface area contributed by atoms with Crippen LogP contribution >= 0.6 is 0 Å². The molecule has 1 aliphatic heterocycles. The van der Waals surface area contributed by atoms with Crippen molar-refractivity contribution in [2.75, 3.05) is 13.2 Å². The van der Waals surface area contributed by atoms with Gasteiger partial charge in [-0.3, -0.25) is 0 Å². The molecule has 0 aliphatic carbocycles. The summed E-state index contributed by atoms with van der Waals surface area (Å²) in [5, 5.41) is 47.7. The van der Waals surface area contributed by atoms with Crippen molar-refractivity contribution in [1.29, 1.82) is 0 Å². The number of hydrogen-bond donors (Lipinski definition) is 5. The van der Waals surface area contributed by atoms with E-state index < -0.39 is 42.9 Å². The Labute approximate surface area is 136 Å². The van der Waals surface area contributed by atoms with Crippen LogP contribution in [0.2, 0.25) is 0 Å². The second kappa shape index (κ2) is 8.89. The molecule has 0 bridgehead atoms. The van der Waals surface area contributed by atoms with Crippen LogP contribution in [0, 0.1) is 0 Å². The third kappa shape index (κ3) is 5.36. The normalized spacial score (nSPS) is 34.9. The first-order valence-electron chi connectivity index (χ1n) is 7.66. The Morgan fingerprint density at radius 2 is 1.87 bits per heavy atom. The number of allylic oxidation sites excluding steroid dienone is 1. The minimum absolute atomic E-state index is 0.0155. The van der Waals surface area contributed by atoms with Crippen LogP contribution in [-0.4, -0.2) is 75.1 Å². The highest BCUT2D eigenvalue weighted by Crippen LogP contribution is 2.29. The van der Waals surface area contributed by atoms with Crippen LogP contribution in [0.4, 0.5) is 0 Å². The highest BCUT2D eigenvalue weighted by Gasteiger charge is 2.45. The third-order valence-electron chi connectivity index (χ3n) is 4.05. The van der Waals surface area contributed by atoms with Crippen LogP contribution in [0.25, 0.3) is 0 Å². The van der Waals surface area contributed by atoms with Gasteiger partial charge in [-0.2, -0.15) is 0 Å². The fourth-order valence-corrected chi connectivity index (χ4v) is 2.31. The van der Waals surface area contributed by atoms with E-state index in [0.717, 1.165) is 5.57 Å². The Hall–Kier alpha value is -0.800. The lowest BCUT2D eigenvalue weighted by atomic mass is 9.96. The molecule has 0 spiro atoms. The van der Waals surface area contributed by atoms with Crippen molar-refractivity contribution in [3.8, 4) is 0 Å². The van der Waals surface area contributed by atoms with Crippen LogP contribution in [0.1, 0.15) is 26.7 Å². The molecule has 7 heteroatoms. The molecule has 1 rings (SSSR count). The molecule has 0 aromatic heterocycles. The summed E-state index contributed by atoms with van der Waals surface area (Å²) in [6.07, 6.45) is -1.97. The van der Waals surface area contributed by atoms with E-state index in [2.05, 4.69) is 6.58 Å². The Kier molecular flexibility index (Phi) is 7.82. The Balaban J connectivity index is 2.74. The molecule has 1 saturated heterocycles. The minimum atomic E-state index is -1.48. The minimum Gasteiger partial charge on any atom is -0.394 e. The summed E-state index contributed by atoms with van der Waals surface area (Å²) in [6.45, 7) is 6.76. The van der Waals surface area contributed by atoms with Crippen LogP contribution in [0.5, 0.6) is 0 Å². The SMILES string of the molecule is C=C[C@](C)(CC/C=C(/C)CO)O[C@@H]1O[C@H](CO)[C@@H](O)[C@H](O)[C@H]1O. The predicted octanol–water partition coefficient (Wildman–Crippen LogP) is -0.534. The van der Waals surface area contributed by atoms with Gasteiger partial charge in [0.2, 0.25) is 0 Å². The van der Waals surface area contributed by atoms with Crippen molar-refractivity contribution < 1.29 is 35.0 Å².